The molecule has 2 aromatic rings. The molecule has 2 rings (SSSR count). The fraction of sp³-hybridized carbons (Fsp3) is 0.750. The van der Waals surface area contributed by atoms with Crippen LogP contribution in [0, 0.1) is 10.1 Å². The minimum atomic E-state index is -0.878. The summed E-state index contributed by atoms with van der Waals surface area (Å²) in [5, 5.41) is 44.7. The van der Waals surface area contributed by atoms with Crippen molar-refractivity contribution in [1.82, 2.24) is 15.6 Å². The average Bonchev–Trinajstić information content (AvgIpc) is 3.56. The number of rotatable bonds is 30. The number of aliphatic hydroxyl groups is 2. The second-order valence-electron chi connectivity index (χ2n) is 12.8. The molecule has 1 heterocycles. The second kappa shape index (κ2) is 26.0. The van der Waals surface area contributed by atoms with Gasteiger partial charge in [0.2, 0.25) is 11.4 Å². The Kier molecular flexibility index (Phi) is 22.2. The van der Waals surface area contributed by atoms with E-state index in [-0.39, 0.29) is 23.7 Å². The number of non-ortho nitro benzene ring substituents is 1. The Hall–Kier alpha value is -3.05. The monoisotopic (exact) mass is 659 g/mol. The van der Waals surface area contributed by atoms with Crippen LogP contribution in [-0.2, 0) is 4.79 Å². The van der Waals surface area contributed by atoms with Crippen molar-refractivity contribution in [2.45, 2.75) is 160 Å². The summed E-state index contributed by atoms with van der Waals surface area (Å²) in [7, 11) is 0. The molecule has 0 saturated heterocycles. The number of allylic oxidation sites excluding steroid dienone is 1. The van der Waals surface area contributed by atoms with Gasteiger partial charge in [-0.15, -0.1) is 0 Å². The molecule has 0 bridgehead atoms. The Morgan fingerprint density at radius 1 is 0.851 bits per heavy atom. The summed E-state index contributed by atoms with van der Waals surface area (Å²) >= 11 is 0. The highest BCUT2D eigenvalue weighted by atomic mass is 16.6. The number of anilines is 1. The first kappa shape index (κ1) is 40.1. The predicted molar refractivity (Wildman–Crippen MR) is 188 cm³/mol. The molecule has 0 fully saturated rings. The molecule has 0 unspecified atom stereocenters. The van der Waals surface area contributed by atoms with Crippen LogP contribution < -0.4 is 10.6 Å². The normalized spacial score (nSPS) is 12.9. The Balaban J connectivity index is 1.41. The molecule has 0 spiro atoms. The number of nitrogens with one attached hydrogen (secondary N) is 2. The van der Waals surface area contributed by atoms with Crippen molar-refractivity contribution in [2.75, 3.05) is 18.5 Å². The topological polar surface area (TPSA) is 164 Å². The fourth-order valence-corrected chi connectivity index (χ4v) is 5.83. The number of nitro groups is 1. The van der Waals surface area contributed by atoms with E-state index in [9.17, 15) is 25.1 Å². The Labute approximate surface area is 281 Å². The molecule has 0 aliphatic rings. The van der Waals surface area contributed by atoms with Gasteiger partial charge in [0.15, 0.2) is 5.52 Å². The molecule has 0 radical (unpaired) electrons. The van der Waals surface area contributed by atoms with Crippen molar-refractivity contribution in [3.63, 3.8) is 0 Å². The minimum Gasteiger partial charge on any atom is -0.394 e. The van der Waals surface area contributed by atoms with Gasteiger partial charge < -0.3 is 20.8 Å². The quantitative estimate of drug-likeness (QED) is 0.0278. The van der Waals surface area contributed by atoms with Crippen molar-refractivity contribution in [1.29, 1.82) is 0 Å². The first-order valence-corrected chi connectivity index (χ1v) is 18.4. The van der Waals surface area contributed by atoms with Crippen LogP contribution in [-0.4, -0.2) is 56.7 Å². The molecule has 0 aliphatic heterocycles. The van der Waals surface area contributed by atoms with E-state index in [1.165, 1.54) is 70.3 Å². The largest absolute Gasteiger partial charge is 0.394 e. The van der Waals surface area contributed by atoms with Crippen molar-refractivity contribution in [2.24, 2.45) is 0 Å². The molecule has 0 saturated carbocycles. The number of nitro benzene ring substituents is 1. The standard InChI is InChI=1S/C36H61N5O6/c1-2-3-4-5-6-7-8-9-10-12-15-18-21-24-33(43)31(29-42)38-34(44)25-22-19-16-13-11-14-17-20-23-28-37-30-26-27-32(41(45)46)36-35(30)39-47-40-36/h21,24,26-27,31,33,37,42-43H,2-20,22-23,25,28-29H2,1H3,(H,38,44)/t31-,33+/m0/s1. The van der Waals surface area contributed by atoms with E-state index < -0.39 is 17.1 Å². The summed E-state index contributed by atoms with van der Waals surface area (Å²) in [6.45, 7) is 2.71. The van der Waals surface area contributed by atoms with Crippen molar-refractivity contribution >= 4 is 28.3 Å². The number of hydrogen-bond donors (Lipinski definition) is 4. The summed E-state index contributed by atoms with van der Waals surface area (Å²) in [6, 6.07) is 2.39. The number of nitrogens with zero attached hydrogens (tertiary/aromatic N) is 3. The zero-order valence-electron chi connectivity index (χ0n) is 28.8. The van der Waals surface area contributed by atoms with Crippen LogP contribution >= 0.6 is 0 Å². The average molecular weight is 660 g/mol. The molecule has 4 N–H and O–H groups in total. The first-order valence-electron chi connectivity index (χ1n) is 18.4. The van der Waals surface area contributed by atoms with Crippen LogP contribution in [0.1, 0.15) is 148 Å². The third-order valence-corrected chi connectivity index (χ3v) is 8.75. The van der Waals surface area contributed by atoms with E-state index in [1.54, 1.807) is 12.1 Å². The minimum absolute atomic E-state index is 0.117. The highest BCUT2D eigenvalue weighted by Gasteiger charge is 2.19. The van der Waals surface area contributed by atoms with Gasteiger partial charge in [0, 0.05) is 19.0 Å². The van der Waals surface area contributed by atoms with Gasteiger partial charge in [-0.1, -0.05) is 128 Å². The Bertz CT molecular complexity index is 1140. The molecule has 266 valence electrons. The second-order valence-corrected chi connectivity index (χ2v) is 12.8. The van der Waals surface area contributed by atoms with E-state index in [0.717, 1.165) is 77.2 Å². The molecule has 1 amide bonds. The highest BCUT2D eigenvalue weighted by Crippen LogP contribution is 2.28. The first-order chi connectivity index (χ1) is 23.0. The molecule has 11 nitrogen and oxygen atoms in total. The molecule has 2 atom stereocenters. The molecular formula is C36H61N5O6. The molecule has 0 aliphatic carbocycles. The summed E-state index contributed by atoms with van der Waals surface area (Å²) in [5.41, 5.74) is 1.10. The van der Waals surface area contributed by atoms with Gasteiger partial charge in [0.1, 0.15) is 0 Å². The fourth-order valence-electron chi connectivity index (χ4n) is 5.83. The number of hydrogen-bond acceptors (Lipinski definition) is 9. The van der Waals surface area contributed by atoms with Crippen molar-refractivity contribution in [3.05, 3.63) is 34.4 Å². The predicted octanol–water partition coefficient (Wildman–Crippen LogP) is 8.54. The van der Waals surface area contributed by atoms with Crippen LogP contribution in [0.2, 0.25) is 0 Å². The van der Waals surface area contributed by atoms with E-state index >= 15 is 0 Å². The van der Waals surface area contributed by atoms with Crippen LogP contribution in [0.4, 0.5) is 11.4 Å². The lowest BCUT2D eigenvalue weighted by atomic mass is 10.0. The van der Waals surface area contributed by atoms with Crippen molar-refractivity contribution in [3.8, 4) is 0 Å². The maximum Gasteiger partial charge on any atom is 0.300 e. The number of unbranched alkanes of at least 4 members (excludes halogenated alkanes) is 19. The lowest BCUT2D eigenvalue weighted by Crippen LogP contribution is -2.45. The van der Waals surface area contributed by atoms with E-state index in [2.05, 4.69) is 27.9 Å². The van der Waals surface area contributed by atoms with Crippen LogP contribution in [0.3, 0.4) is 0 Å². The third-order valence-electron chi connectivity index (χ3n) is 8.75. The number of benzene rings is 1. The number of fused-ring (bicyclic) bond motifs is 1. The van der Waals surface area contributed by atoms with Gasteiger partial charge in [-0.05, 0) is 42.1 Å². The lowest BCUT2D eigenvalue weighted by molar-refractivity contribution is -0.383. The van der Waals surface area contributed by atoms with E-state index in [0.29, 0.717) is 17.6 Å². The van der Waals surface area contributed by atoms with Crippen molar-refractivity contribution < 1.29 is 24.6 Å². The maximum atomic E-state index is 12.3. The zero-order valence-corrected chi connectivity index (χ0v) is 28.8. The SMILES string of the molecule is CCCCCCCCCCCCCC=C[C@@H](O)[C@H](CO)NC(=O)CCCCCCCCCCCNc1ccc([N+](=O)[O-])c2nonc12. The van der Waals surface area contributed by atoms with Crippen LogP contribution in [0.25, 0.3) is 11.0 Å². The van der Waals surface area contributed by atoms with Gasteiger partial charge in [-0.2, -0.15) is 0 Å². The smallest absolute Gasteiger partial charge is 0.300 e. The summed E-state index contributed by atoms with van der Waals surface area (Å²) < 4.78 is 4.70. The van der Waals surface area contributed by atoms with E-state index in [4.69, 9.17) is 4.63 Å². The summed E-state index contributed by atoms with van der Waals surface area (Å²) in [6.07, 6.45) is 28.1. The number of amides is 1. The van der Waals surface area contributed by atoms with E-state index in [1.807, 2.05) is 6.08 Å². The van der Waals surface area contributed by atoms with Gasteiger partial charge in [0.25, 0.3) is 0 Å². The summed E-state index contributed by atoms with van der Waals surface area (Å²) in [4.78, 5) is 23.0. The highest BCUT2D eigenvalue weighted by molar-refractivity contribution is 5.93. The molecule has 47 heavy (non-hydrogen) atoms. The number of aliphatic hydroxyl groups excluding tert-OH is 2. The molecule has 1 aromatic carbocycles. The summed E-state index contributed by atoms with van der Waals surface area (Å²) in [5.74, 6) is -0.121. The molecule has 11 heteroatoms. The van der Waals surface area contributed by atoms with Gasteiger partial charge in [-0.3, -0.25) is 14.9 Å². The molecule has 1 aromatic heterocycles. The Morgan fingerprint density at radius 2 is 1.40 bits per heavy atom. The van der Waals surface area contributed by atoms with Crippen LogP contribution in [0.5, 0.6) is 0 Å². The maximum absolute atomic E-state index is 12.3. The number of carbonyl (C=O) groups is 1. The van der Waals surface area contributed by atoms with Gasteiger partial charge in [-0.25, -0.2) is 4.63 Å². The van der Waals surface area contributed by atoms with Gasteiger partial charge >= 0.3 is 5.69 Å². The Morgan fingerprint density at radius 3 is 2.00 bits per heavy atom. The van der Waals surface area contributed by atoms with Gasteiger partial charge in [0.05, 0.1) is 29.4 Å². The third kappa shape index (κ3) is 17.6. The lowest BCUT2D eigenvalue weighted by Gasteiger charge is -2.20. The number of aromatic nitrogens is 2. The number of carbonyl (C=O) groups excluding carboxylic acids is 1. The van der Waals surface area contributed by atoms with Crippen LogP contribution in [0.15, 0.2) is 28.9 Å². The molecular weight excluding hydrogens is 598 g/mol. The zero-order chi connectivity index (χ0) is 34.0.